The lowest BCUT2D eigenvalue weighted by molar-refractivity contribution is -0.167. The number of esters is 3. The number of carbonyl (C=O) groups is 3. The zero-order valence-electron chi connectivity index (χ0n) is 51.4. The summed E-state index contributed by atoms with van der Waals surface area (Å²) in [4.78, 5) is 38.3. The summed E-state index contributed by atoms with van der Waals surface area (Å²) >= 11 is 0. The third-order valence-electron chi connectivity index (χ3n) is 14.3. The molecule has 1 atom stereocenters. The molecule has 0 amide bonds. The van der Waals surface area contributed by atoms with E-state index >= 15 is 0 Å². The summed E-state index contributed by atoms with van der Waals surface area (Å²) in [5.41, 5.74) is 0. The van der Waals surface area contributed by atoms with E-state index < -0.39 is 6.10 Å². The monoisotopic (exact) mass is 1080 g/mol. The van der Waals surface area contributed by atoms with E-state index in [4.69, 9.17) is 14.2 Å². The van der Waals surface area contributed by atoms with Crippen LogP contribution < -0.4 is 0 Å². The van der Waals surface area contributed by atoms with Crippen molar-refractivity contribution in [3.8, 4) is 0 Å². The van der Waals surface area contributed by atoms with Gasteiger partial charge in [-0.1, -0.05) is 304 Å². The molecular weight excluding hydrogens is 961 g/mol. The molecule has 0 aliphatic carbocycles. The molecule has 6 heteroatoms. The van der Waals surface area contributed by atoms with Crippen LogP contribution in [0.2, 0.25) is 0 Å². The molecule has 0 N–H and O–H groups in total. The highest BCUT2D eigenvalue weighted by Gasteiger charge is 2.19. The van der Waals surface area contributed by atoms with Crippen LogP contribution in [0.1, 0.15) is 323 Å². The lowest BCUT2D eigenvalue weighted by atomic mass is 10.0. The molecule has 0 fully saturated rings. The average molecular weight is 1090 g/mol. The summed E-state index contributed by atoms with van der Waals surface area (Å²) in [5.74, 6) is -0.956. The fourth-order valence-electron chi connectivity index (χ4n) is 9.43. The molecule has 0 bridgehead atoms. The Bertz CT molecular complexity index is 1530. The molecule has 0 aliphatic heterocycles. The maximum Gasteiger partial charge on any atom is 0.306 e. The Morgan fingerprint density at radius 3 is 0.808 bits per heavy atom. The molecule has 0 aromatic carbocycles. The van der Waals surface area contributed by atoms with Gasteiger partial charge in [-0.05, 0) is 96.3 Å². The van der Waals surface area contributed by atoms with Crippen molar-refractivity contribution in [2.75, 3.05) is 13.2 Å². The maximum absolute atomic E-state index is 12.9. The summed E-state index contributed by atoms with van der Waals surface area (Å²) in [6.07, 6.45) is 88.7. The van der Waals surface area contributed by atoms with E-state index in [1.54, 1.807) is 0 Å². The van der Waals surface area contributed by atoms with Crippen LogP contribution in [-0.4, -0.2) is 37.2 Å². The predicted octanol–water partition coefficient (Wildman–Crippen LogP) is 22.8. The molecule has 448 valence electrons. The van der Waals surface area contributed by atoms with Crippen LogP contribution in [0.3, 0.4) is 0 Å². The van der Waals surface area contributed by atoms with Gasteiger partial charge < -0.3 is 14.2 Å². The Labute approximate surface area is 483 Å². The second-order valence-electron chi connectivity index (χ2n) is 22.0. The van der Waals surface area contributed by atoms with Crippen molar-refractivity contribution in [1.82, 2.24) is 0 Å². The number of hydrogen-bond acceptors (Lipinski definition) is 6. The van der Waals surface area contributed by atoms with Crippen molar-refractivity contribution in [2.45, 2.75) is 329 Å². The van der Waals surface area contributed by atoms with E-state index in [1.807, 2.05) is 0 Å². The van der Waals surface area contributed by atoms with Gasteiger partial charge in [0, 0.05) is 19.3 Å². The molecular formula is C72H124O6. The van der Waals surface area contributed by atoms with Crippen LogP contribution in [0.5, 0.6) is 0 Å². The highest BCUT2D eigenvalue weighted by atomic mass is 16.6. The molecule has 6 nitrogen and oxygen atoms in total. The SMILES string of the molecule is CC/C=C\C/C=C\C/C=C\C/C=C\CCCCCCC(=O)OC(COC(=O)CCCC/C=C\C/C=C\C/C=C\C/C=C\CC)COC(=O)CCCCCCCCCCCCCCCCCCCCCCCCCCCCCC. The molecule has 0 aromatic rings. The quantitative estimate of drug-likeness (QED) is 0.0261. The highest BCUT2D eigenvalue weighted by molar-refractivity contribution is 5.71. The Hall–Kier alpha value is -3.67. The molecule has 0 saturated heterocycles. The van der Waals surface area contributed by atoms with E-state index in [-0.39, 0.29) is 31.1 Å². The topological polar surface area (TPSA) is 78.9 Å². The van der Waals surface area contributed by atoms with Crippen LogP contribution in [0.4, 0.5) is 0 Å². The zero-order valence-corrected chi connectivity index (χ0v) is 51.4. The van der Waals surface area contributed by atoms with Crippen LogP contribution in [0.25, 0.3) is 0 Å². The Balaban J connectivity index is 4.30. The first kappa shape index (κ1) is 74.3. The minimum absolute atomic E-state index is 0.0991. The van der Waals surface area contributed by atoms with Crippen LogP contribution in [0.15, 0.2) is 97.2 Å². The van der Waals surface area contributed by atoms with Crippen molar-refractivity contribution in [2.24, 2.45) is 0 Å². The van der Waals surface area contributed by atoms with Crippen molar-refractivity contribution in [3.05, 3.63) is 97.2 Å². The second-order valence-corrected chi connectivity index (χ2v) is 22.0. The first-order valence-electron chi connectivity index (χ1n) is 33.2. The Kier molecular flexibility index (Phi) is 62.7. The van der Waals surface area contributed by atoms with Crippen molar-refractivity contribution in [1.29, 1.82) is 0 Å². The lowest BCUT2D eigenvalue weighted by Crippen LogP contribution is -2.30. The summed E-state index contributed by atoms with van der Waals surface area (Å²) in [5, 5.41) is 0. The summed E-state index contributed by atoms with van der Waals surface area (Å²) in [6.45, 7) is 6.39. The Morgan fingerprint density at radius 1 is 0.269 bits per heavy atom. The van der Waals surface area contributed by atoms with Gasteiger partial charge in [-0.25, -0.2) is 0 Å². The number of carbonyl (C=O) groups excluding carboxylic acids is 3. The number of allylic oxidation sites excluding steroid dienone is 16. The van der Waals surface area contributed by atoms with E-state index in [2.05, 4.69) is 118 Å². The van der Waals surface area contributed by atoms with Crippen molar-refractivity contribution >= 4 is 17.9 Å². The van der Waals surface area contributed by atoms with Crippen LogP contribution in [-0.2, 0) is 28.6 Å². The minimum atomic E-state index is -0.809. The number of rotatable bonds is 60. The van der Waals surface area contributed by atoms with E-state index in [0.29, 0.717) is 19.3 Å². The molecule has 78 heavy (non-hydrogen) atoms. The molecule has 1 unspecified atom stereocenters. The smallest absolute Gasteiger partial charge is 0.306 e. The Morgan fingerprint density at radius 2 is 0.500 bits per heavy atom. The zero-order chi connectivity index (χ0) is 56.4. The van der Waals surface area contributed by atoms with Gasteiger partial charge in [0.15, 0.2) is 6.10 Å². The molecule has 0 heterocycles. The first-order valence-corrected chi connectivity index (χ1v) is 33.2. The number of unbranched alkanes of at least 4 members (excludes halogenated alkanes) is 33. The van der Waals surface area contributed by atoms with Gasteiger partial charge in [-0.15, -0.1) is 0 Å². The van der Waals surface area contributed by atoms with E-state index in [9.17, 15) is 14.4 Å². The number of hydrogen-bond donors (Lipinski definition) is 0. The summed E-state index contributed by atoms with van der Waals surface area (Å²) < 4.78 is 16.9. The standard InChI is InChI=1S/C72H124O6/c1-4-7-10-13-16-19-22-25-28-30-31-32-33-34-35-36-37-38-39-40-42-44-47-50-53-56-59-62-65-71(74)77-68-69(67-76-70(73)64-61-58-55-52-49-46-43-27-24-21-18-15-12-9-6-3)78-72(75)66-63-60-57-54-51-48-45-41-29-26-23-20-17-14-11-8-5-2/h8-9,11-12,17-18,20-21,26-27,29,43,45,48-49,52,69H,4-7,10,13-16,19,22-25,28,30-42,44,46-47,50-51,53-68H2,1-3H3/b11-8-,12-9-,20-17-,21-18-,29-26-,43-27-,48-45-,52-49-. The van der Waals surface area contributed by atoms with Crippen LogP contribution in [0, 0.1) is 0 Å². The maximum atomic E-state index is 12.9. The molecule has 0 radical (unpaired) electrons. The summed E-state index contributed by atoms with van der Waals surface area (Å²) in [7, 11) is 0. The fourth-order valence-corrected chi connectivity index (χ4v) is 9.43. The van der Waals surface area contributed by atoms with Crippen LogP contribution >= 0.6 is 0 Å². The molecule has 0 aromatic heterocycles. The van der Waals surface area contributed by atoms with Gasteiger partial charge in [0.2, 0.25) is 0 Å². The second kappa shape index (κ2) is 65.8. The average Bonchev–Trinajstić information content (AvgIpc) is 3.44. The third-order valence-corrected chi connectivity index (χ3v) is 14.3. The van der Waals surface area contributed by atoms with Gasteiger partial charge in [0.25, 0.3) is 0 Å². The van der Waals surface area contributed by atoms with E-state index in [0.717, 1.165) is 122 Å². The third kappa shape index (κ3) is 63.2. The van der Waals surface area contributed by atoms with Gasteiger partial charge in [0.05, 0.1) is 0 Å². The normalized spacial score (nSPS) is 12.7. The molecule has 0 rings (SSSR count). The first-order chi connectivity index (χ1) is 38.5. The molecule has 0 saturated carbocycles. The van der Waals surface area contributed by atoms with Gasteiger partial charge in [0.1, 0.15) is 13.2 Å². The number of ether oxygens (including phenoxy) is 3. The van der Waals surface area contributed by atoms with Crippen molar-refractivity contribution in [3.63, 3.8) is 0 Å². The van der Waals surface area contributed by atoms with Gasteiger partial charge >= 0.3 is 17.9 Å². The van der Waals surface area contributed by atoms with Gasteiger partial charge in [-0.2, -0.15) is 0 Å². The van der Waals surface area contributed by atoms with Gasteiger partial charge in [-0.3, -0.25) is 14.4 Å². The predicted molar refractivity (Wildman–Crippen MR) is 339 cm³/mol. The highest BCUT2D eigenvalue weighted by Crippen LogP contribution is 2.17. The van der Waals surface area contributed by atoms with Crippen molar-refractivity contribution < 1.29 is 28.6 Å². The lowest BCUT2D eigenvalue weighted by Gasteiger charge is -2.18. The fraction of sp³-hybridized carbons (Fsp3) is 0.736. The van der Waals surface area contributed by atoms with E-state index in [1.165, 1.54) is 161 Å². The largest absolute Gasteiger partial charge is 0.462 e. The summed E-state index contributed by atoms with van der Waals surface area (Å²) in [6, 6.07) is 0. The minimum Gasteiger partial charge on any atom is -0.462 e. The molecule has 0 spiro atoms. The molecule has 0 aliphatic rings.